The van der Waals surface area contributed by atoms with Gasteiger partial charge < -0.3 is 0 Å². The van der Waals surface area contributed by atoms with Crippen LogP contribution in [0.5, 0.6) is 0 Å². The number of non-ortho nitro benzene ring substituents is 1. The van der Waals surface area contributed by atoms with Gasteiger partial charge in [-0.05, 0) is 12.1 Å². The molecule has 0 aliphatic heterocycles. The van der Waals surface area contributed by atoms with Gasteiger partial charge in [-0.3, -0.25) is 10.1 Å². The van der Waals surface area contributed by atoms with E-state index in [1.54, 1.807) is 0 Å². The van der Waals surface area contributed by atoms with Crippen LogP contribution in [-0.2, 0) is 14.4 Å². The molecule has 0 spiro atoms. The maximum Gasteiger partial charge on any atom is 0.416 e. The second kappa shape index (κ2) is 6.21. The monoisotopic (exact) mass is 325 g/mol. The molecule has 11 heteroatoms. The minimum absolute atomic E-state index is 0.354. The van der Waals surface area contributed by atoms with Gasteiger partial charge in [-0.2, -0.15) is 21.6 Å². The molecular formula is C7H4Cl2F3NO4S. The molecule has 0 aliphatic rings. The molecule has 0 unspecified atom stereocenters. The van der Waals surface area contributed by atoms with Crippen molar-refractivity contribution < 1.29 is 26.5 Å². The zero-order chi connectivity index (χ0) is 14.6. The molecule has 1 aromatic carbocycles. The van der Waals surface area contributed by atoms with Gasteiger partial charge in [0.1, 0.15) is 0 Å². The number of nitro benzene ring substituents is 1. The van der Waals surface area contributed by atoms with Crippen LogP contribution < -0.4 is 0 Å². The Kier molecular flexibility index (Phi) is 5.84. The maximum absolute atomic E-state index is 12.0. The Hall–Kier alpha value is -1.06. The van der Waals surface area contributed by atoms with Crippen molar-refractivity contribution in [3.8, 4) is 0 Å². The van der Waals surface area contributed by atoms with E-state index in [1.807, 2.05) is 0 Å². The number of nitrogens with zero attached hydrogens (tertiary/aromatic N) is 1. The zero-order valence-electron chi connectivity index (χ0n) is 8.19. The molecule has 0 saturated carbocycles. The Bertz CT molecular complexity index is 506. The highest BCUT2D eigenvalue weighted by molar-refractivity contribution is 8.31. The summed E-state index contributed by atoms with van der Waals surface area (Å²) < 4.78 is 54.2. The third kappa shape index (κ3) is 8.09. The third-order valence-electron chi connectivity index (χ3n) is 1.41. The van der Waals surface area contributed by atoms with Gasteiger partial charge in [0, 0.05) is 33.5 Å². The topological polar surface area (TPSA) is 77.3 Å². The Morgan fingerprint density at radius 3 is 1.67 bits per heavy atom. The summed E-state index contributed by atoms with van der Waals surface area (Å²) in [5, 5.41) is 10.1. The molecule has 0 heterocycles. The zero-order valence-corrected chi connectivity index (χ0v) is 10.5. The molecule has 0 fully saturated rings. The van der Waals surface area contributed by atoms with Crippen LogP contribution in [0.25, 0.3) is 0 Å². The normalized spacial score (nSPS) is 11.4. The van der Waals surface area contributed by atoms with Crippen LogP contribution in [0.4, 0.5) is 18.9 Å². The van der Waals surface area contributed by atoms with Crippen molar-refractivity contribution in [2.75, 3.05) is 0 Å². The lowest BCUT2D eigenvalue weighted by molar-refractivity contribution is -0.384. The standard InChI is InChI=1S/C7H4F3NO2.Cl2O2S/c8-7(9,10)5-1-3-6(4-2-5)11(12)13;1-5(2,3)4/h1-4H;. The number of hydrogen-bond donors (Lipinski definition) is 0. The van der Waals surface area contributed by atoms with Gasteiger partial charge in [-0.1, -0.05) is 0 Å². The highest BCUT2D eigenvalue weighted by Gasteiger charge is 2.30. The average molecular weight is 326 g/mol. The van der Waals surface area contributed by atoms with E-state index in [1.165, 1.54) is 0 Å². The summed E-state index contributed by atoms with van der Waals surface area (Å²) in [6.45, 7) is 0. The first-order chi connectivity index (χ1) is 7.91. The Morgan fingerprint density at radius 2 is 1.44 bits per heavy atom. The molecule has 0 atom stereocenters. The molecular weight excluding hydrogens is 322 g/mol. The van der Waals surface area contributed by atoms with Crippen LogP contribution in [0.2, 0.25) is 0 Å². The van der Waals surface area contributed by atoms with Crippen molar-refractivity contribution in [2.24, 2.45) is 0 Å². The second-order valence-corrected chi connectivity index (χ2v) is 6.35. The fourth-order valence-electron chi connectivity index (χ4n) is 0.772. The summed E-state index contributed by atoms with van der Waals surface area (Å²) >= 11 is 0. The first-order valence-electron chi connectivity index (χ1n) is 3.87. The van der Waals surface area contributed by atoms with E-state index in [9.17, 15) is 23.3 Å². The predicted molar refractivity (Wildman–Crippen MR) is 58.7 cm³/mol. The minimum atomic E-state index is -4.45. The van der Waals surface area contributed by atoms with Gasteiger partial charge >= 0.3 is 14.4 Å². The van der Waals surface area contributed by atoms with Crippen LogP contribution in [-0.4, -0.2) is 13.3 Å². The molecule has 18 heavy (non-hydrogen) atoms. The van der Waals surface area contributed by atoms with Gasteiger partial charge in [0.25, 0.3) is 5.69 Å². The van der Waals surface area contributed by atoms with Crippen LogP contribution in [0.15, 0.2) is 24.3 Å². The van der Waals surface area contributed by atoms with E-state index in [4.69, 9.17) is 8.42 Å². The fraction of sp³-hybridized carbons (Fsp3) is 0.143. The number of halogens is 5. The highest BCUT2D eigenvalue weighted by atomic mass is 36.0. The van der Waals surface area contributed by atoms with E-state index in [-0.39, 0.29) is 5.69 Å². The molecule has 0 aromatic heterocycles. The van der Waals surface area contributed by atoms with Crippen LogP contribution >= 0.6 is 21.4 Å². The molecule has 5 nitrogen and oxygen atoms in total. The summed E-state index contributed by atoms with van der Waals surface area (Å²) in [6, 6.07) is 3.00. The van der Waals surface area contributed by atoms with E-state index < -0.39 is 24.9 Å². The summed E-state index contributed by atoms with van der Waals surface area (Å²) in [4.78, 5) is 9.34. The second-order valence-electron chi connectivity index (χ2n) is 2.68. The fourth-order valence-corrected chi connectivity index (χ4v) is 0.772. The van der Waals surface area contributed by atoms with E-state index in [0.29, 0.717) is 12.1 Å². The van der Waals surface area contributed by atoms with Crippen molar-refractivity contribution >= 4 is 35.3 Å². The molecule has 0 saturated heterocycles. The van der Waals surface area contributed by atoms with Crippen molar-refractivity contribution in [2.45, 2.75) is 6.18 Å². The van der Waals surface area contributed by atoms with Crippen molar-refractivity contribution in [3.05, 3.63) is 39.9 Å². The van der Waals surface area contributed by atoms with Crippen molar-refractivity contribution in [1.29, 1.82) is 0 Å². The van der Waals surface area contributed by atoms with E-state index >= 15 is 0 Å². The molecule has 0 bridgehead atoms. The van der Waals surface area contributed by atoms with Gasteiger partial charge in [0.2, 0.25) is 0 Å². The van der Waals surface area contributed by atoms with E-state index in [0.717, 1.165) is 12.1 Å². The highest BCUT2D eigenvalue weighted by Crippen LogP contribution is 2.29. The largest absolute Gasteiger partial charge is 0.416 e. The van der Waals surface area contributed by atoms with Crippen LogP contribution in [0.1, 0.15) is 5.56 Å². The Morgan fingerprint density at radius 1 is 1.11 bits per heavy atom. The molecule has 102 valence electrons. The quantitative estimate of drug-likeness (QED) is 0.451. The number of nitro groups is 1. The maximum atomic E-state index is 12.0. The lowest BCUT2D eigenvalue weighted by Crippen LogP contribution is -2.04. The molecule has 0 radical (unpaired) electrons. The first kappa shape index (κ1) is 16.9. The number of alkyl halides is 3. The summed E-state index contributed by atoms with van der Waals surface area (Å²) in [6.07, 6.45) is -4.45. The lowest BCUT2D eigenvalue weighted by Gasteiger charge is -2.04. The lowest BCUT2D eigenvalue weighted by atomic mass is 10.2. The van der Waals surface area contributed by atoms with Crippen molar-refractivity contribution in [3.63, 3.8) is 0 Å². The molecule has 1 rings (SSSR count). The number of benzene rings is 1. The first-order valence-corrected chi connectivity index (χ1v) is 7.00. The van der Waals surface area contributed by atoms with Crippen LogP contribution in [0.3, 0.4) is 0 Å². The van der Waals surface area contributed by atoms with Crippen LogP contribution in [0, 0.1) is 10.1 Å². The Labute approximate surface area is 108 Å². The predicted octanol–water partition coefficient (Wildman–Crippen LogP) is 3.32. The smallest absolute Gasteiger partial charge is 0.258 e. The van der Waals surface area contributed by atoms with Gasteiger partial charge in [0.15, 0.2) is 0 Å². The molecule has 0 amide bonds. The summed E-state index contributed by atoms with van der Waals surface area (Å²) in [5.74, 6) is 0. The number of rotatable bonds is 1. The minimum Gasteiger partial charge on any atom is -0.258 e. The third-order valence-corrected chi connectivity index (χ3v) is 1.41. The Balaban J connectivity index is 0.000000494. The molecule has 1 aromatic rings. The van der Waals surface area contributed by atoms with Gasteiger partial charge in [0.05, 0.1) is 10.5 Å². The SMILES string of the molecule is O=S(=O)(Cl)Cl.O=[N+]([O-])c1ccc(C(F)(F)F)cc1. The number of hydrogen-bond acceptors (Lipinski definition) is 4. The summed E-state index contributed by atoms with van der Waals surface area (Å²) in [7, 11) is 4.81. The van der Waals surface area contributed by atoms with Crippen molar-refractivity contribution in [1.82, 2.24) is 0 Å². The summed E-state index contributed by atoms with van der Waals surface area (Å²) in [5.41, 5.74) is -1.24. The molecule has 0 N–H and O–H groups in total. The average Bonchev–Trinajstić information content (AvgIpc) is 2.14. The van der Waals surface area contributed by atoms with Gasteiger partial charge in [-0.25, -0.2) is 0 Å². The van der Waals surface area contributed by atoms with E-state index in [2.05, 4.69) is 21.4 Å². The van der Waals surface area contributed by atoms with Gasteiger partial charge in [-0.15, -0.1) is 0 Å². The molecule has 0 aliphatic carbocycles.